The first kappa shape index (κ1) is 16.9. The Morgan fingerprint density at radius 1 is 1.45 bits per heavy atom. The fraction of sp³-hybridized carbons (Fsp3) is 0.750. The summed E-state index contributed by atoms with van der Waals surface area (Å²) in [5, 5.41) is 19.1. The van der Waals surface area contributed by atoms with Crippen molar-refractivity contribution in [1.29, 1.82) is 0 Å². The molecule has 3 unspecified atom stereocenters. The molecule has 0 aromatic heterocycles. The normalized spacial score (nSPS) is 26.1. The minimum Gasteiger partial charge on any atom is -0.481 e. The lowest BCUT2D eigenvalue weighted by atomic mass is 9.89. The molecule has 0 aromatic carbocycles. The molecule has 20 heavy (non-hydrogen) atoms. The van der Waals surface area contributed by atoms with Crippen molar-refractivity contribution in [2.24, 2.45) is 11.8 Å². The van der Waals surface area contributed by atoms with Crippen molar-refractivity contribution in [3.63, 3.8) is 0 Å². The zero-order valence-corrected chi connectivity index (χ0v) is 12.5. The molecule has 1 rings (SSSR count). The number of Topliss-reactive ketones (excluding diaryl/α,β-unsaturated/α-hetero) is 1. The summed E-state index contributed by atoms with van der Waals surface area (Å²) in [7, 11) is 0. The number of carboxylic acids is 1. The minimum atomic E-state index is -0.932. The lowest BCUT2D eigenvalue weighted by Crippen LogP contribution is -2.22. The average molecular weight is 282 g/mol. The summed E-state index contributed by atoms with van der Waals surface area (Å²) in [6.07, 6.45) is 8.50. The van der Waals surface area contributed by atoms with Crippen LogP contribution in [0.5, 0.6) is 0 Å². The largest absolute Gasteiger partial charge is 0.481 e. The Hall–Kier alpha value is -1.16. The first-order valence-electron chi connectivity index (χ1n) is 7.52. The smallest absolute Gasteiger partial charge is 0.304 e. The fourth-order valence-electron chi connectivity index (χ4n) is 2.77. The van der Waals surface area contributed by atoms with Crippen LogP contribution in [0.1, 0.15) is 58.8 Å². The van der Waals surface area contributed by atoms with Crippen LogP contribution >= 0.6 is 0 Å². The van der Waals surface area contributed by atoms with E-state index in [9.17, 15) is 14.7 Å². The standard InChI is InChI=1S/C16H26O4/c1-3-4-5-9-16(2,20)10-8-12-6-7-14(17)13(12)11-15(18)19/h8,10,12-13,20H,3-7,9,11H2,1-2H3,(H,18,19)/b10-8+. The van der Waals surface area contributed by atoms with Gasteiger partial charge in [-0.2, -0.15) is 0 Å². The number of aliphatic hydroxyl groups is 1. The van der Waals surface area contributed by atoms with Gasteiger partial charge in [0.05, 0.1) is 12.0 Å². The second-order valence-corrected chi connectivity index (χ2v) is 6.05. The molecule has 0 spiro atoms. The van der Waals surface area contributed by atoms with Crippen LogP contribution in [0.25, 0.3) is 0 Å². The van der Waals surface area contributed by atoms with Crippen molar-refractivity contribution < 1.29 is 19.8 Å². The topological polar surface area (TPSA) is 74.6 Å². The van der Waals surface area contributed by atoms with Gasteiger partial charge in [0.1, 0.15) is 5.78 Å². The Morgan fingerprint density at radius 3 is 2.75 bits per heavy atom. The summed E-state index contributed by atoms with van der Waals surface area (Å²) in [6.45, 7) is 3.88. The molecule has 0 heterocycles. The Balaban J connectivity index is 2.58. The summed E-state index contributed by atoms with van der Waals surface area (Å²) in [5.74, 6) is -1.36. The monoisotopic (exact) mass is 282 g/mol. The molecule has 0 bridgehead atoms. The predicted octanol–water partition coefficient (Wildman–Crippen LogP) is 2.94. The maximum Gasteiger partial charge on any atom is 0.304 e. The van der Waals surface area contributed by atoms with Gasteiger partial charge in [0.15, 0.2) is 0 Å². The van der Waals surface area contributed by atoms with E-state index in [4.69, 9.17) is 5.11 Å². The Labute approximate surface area is 120 Å². The molecule has 4 heteroatoms. The Morgan fingerprint density at radius 2 is 2.15 bits per heavy atom. The summed E-state index contributed by atoms with van der Waals surface area (Å²) in [5.41, 5.74) is -0.866. The molecule has 0 aliphatic heterocycles. The number of carboxylic acid groups (broad SMARTS) is 1. The molecule has 114 valence electrons. The van der Waals surface area contributed by atoms with Crippen LogP contribution in [0.3, 0.4) is 0 Å². The fourth-order valence-corrected chi connectivity index (χ4v) is 2.77. The van der Waals surface area contributed by atoms with Crippen LogP contribution in [0.4, 0.5) is 0 Å². The predicted molar refractivity (Wildman–Crippen MR) is 77.4 cm³/mol. The van der Waals surface area contributed by atoms with Crippen molar-refractivity contribution >= 4 is 11.8 Å². The maximum atomic E-state index is 11.7. The number of rotatable bonds is 8. The van der Waals surface area contributed by atoms with Crippen molar-refractivity contribution in [2.75, 3.05) is 0 Å². The minimum absolute atomic E-state index is 0.0349. The van der Waals surface area contributed by atoms with Crippen LogP contribution in [0, 0.1) is 11.8 Å². The Kier molecular flexibility index (Phi) is 6.40. The molecule has 4 nitrogen and oxygen atoms in total. The summed E-state index contributed by atoms with van der Waals surface area (Å²) in [4.78, 5) is 22.5. The quantitative estimate of drug-likeness (QED) is 0.530. The number of allylic oxidation sites excluding steroid dienone is 1. The van der Waals surface area contributed by atoms with E-state index >= 15 is 0 Å². The van der Waals surface area contributed by atoms with Gasteiger partial charge in [0, 0.05) is 12.3 Å². The van der Waals surface area contributed by atoms with Gasteiger partial charge in [-0.15, -0.1) is 0 Å². The number of unbranched alkanes of at least 4 members (excludes halogenated alkanes) is 2. The second-order valence-electron chi connectivity index (χ2n) is 6.05. The van der Waals surface area contributed by atoms with Gasteiger partial charge >= 0.3 is 5.97 Å². The number of carbonyl (C=O) groups excluding carboxylic acids is 1. The summed E-state index contributed by atoms with van der Waals surface area (Å²) in [6, 6.07) is 0. The molecule has 0 aromatic rings. The van der Waals surface area contributed by atoms with E-state index in [2.05, 4.69) is 6.92 Å². The van der Waals surface area contributed by atoms with Crippen LogP contribution < -0.4 is 0 Å². The zero-order chi connectivity index (χ0) is 15.2. The van der Waals surface area contributed by atoms with E-state index in [1.807, 2.05) is 6.08 Å². The molecular weight excluding hydrogens is 256 g/mol. The number of ketones is 1. The number of hydrogen-bond donors (Lipinski definition) is 2. The molecule has 3 atom stereocenters. The first-order chi connectivity index (χ1) is 9.35. The van der Waals surface area contributed by atoms with Gasteiger partial charge in [-0.25, -0.2) is 0 Å². The molecule has 0 radical (unpaired) electrons. The number of aliphatic carboxylic acids is 1. The highest BCUT2D eigenvalue weighted by molar-refractivity contribution is 5.87. The third-order valence-corrected chi connectivity index (χ3v) is 4.04. The molecule has 0 amide bonds. The molecular formula is C16H26O4. The zero-order valence-electron chi connectivity index (χ0n) is 12.5. The van der Waals surface area contributed by atoms with E-state index in [0.29, 0.717) is 19.3 Å². The average Bonchev–Trinajstić information content (AvgIpc) is 2.68. The molecule has 1 aliphatic rings. The maximum absolute atomic E-state index is 11.7. The van der Waals surface area contributed by atoms with Crippen LogP contribution in [-0.2, 0) is 9.59 Å². The van der Waals surface area contributed by atoms with Gasteiger partial charge in [0.2, 0.25) is 0 Å². The molecule has 1 aliphatic carbocycles. The van der Waals surface area contributed by atoms with Gasteiger partial charge in [-0.3, -0.25) is 9.59 Å². The van der Waals surface area contributed by atoms with Gasteiger partial charge in [-0.05, 0) is 25.7 Å². The third kappa shape index (κ3) is 5.45. The van der Waals surface area contributed by atoms with Gasteiger partial charge < -0.3 is 10.2 Å². The van der Waals surface area contributed by atoms with Crippen molar-refractivity contribution in [1.82, 2.24) is 0 Å². The second kappa shape index (κ2) is 7.58. The molecule has 0 saturated heterocycles. The van der Waals surface area contributed by atoms with Crippen LogP contribution in [0.15, 0.2) is 12.2 Å². The highest BCUT2D eigenvalue weighted by Gasteiger charge is 2.34. The van der Waals surface area contributed by atoms with Gasteiger partial charge in [-0.1, -0.05) is 38.3 Å². The van der Waals surface area contributed by atoms with Crippen LogP contribution in [-0.4, -0.2) is 27.6 Å². The van der Waals surface area contributed by atoms with E-state index in [1.54, 1.807) is 13.0 Å². The SMILES string of the molecule is CCCCCC(C)(O)/C=C/C1CCC(=O)C1CC(=O)O. The number of hydrogen-bond acceptors (Lipinski definition) is 3. The molecule has 2 N–H and O–H groups in total. The molecule has 1 saturated carbocycles. The van der Waals surface area contributed by atoms with Gasteiger partial charge in [0.25, 0.3) is 0 Å². The molecule has 1 fully saturated rings. The van der Waals surface area contributed by atoms with Crippen molar-refractivity contribution in [2.45, 2.75) is 64.4 Å². The summed E-state index contributed by atoms with van der Waals surface area (Å²) >= 11 is 0. The number of carbonyl (C=O) groups is 2. The lowest BCUT2D eigenvalue weighted by Gasteiger charge is -2.20. The van der Waals surface area contributed by atoms with E-state index in [1.165, 1.54) is 0 Å². The van der Waals surface area contributed by atoms with E-state index in [0.717, 1.165) is 19.3 Å². The third-order valence-electron chi connectivity index (χ3n) is 4.04. The highest BCUT2D eigenvalue weighted by Crippen LogP contribution is 2.33. The first-order valence-corrected chi connectivity index (χ1v) is 7.52. The van der Waals surface area contributed by atoms with Crippen LogP contribution in [0.2, 0.25) is 0 Å². The van der Waals surface area contributed by atoms with E-state index in [-0.39, 0.29) is 18.1 Å². The highest BCUT2D eigenvalue weighted by atomic mass is 16.4. The summed E-state index contributed by atoms with van der Waals surface area (Å²) < 4.78 is 0. The lowest BCUT2D eigenvalue weighted by molar-refractivity contribution is -0.140. The van der Waals surface area contributed by atoms with Crippen molar-refractivity contribution in [3.8, 4) is 0 Å². The Bertz CT molecular complexity index is 371. The van der Waals surface area contributed by atoms with Crippen molar-refractivity contribution in [3.05, 3.63) is 12.2 Å². The van der Waals surface area contributed by atoms with E-state index < -0.39 is 17.5 Å².